The molecule has 8 nitrogen and oxygen atoms in total. The number of nitrogens with one attached hydrogen (secondary N) is 2. The Morgan fingerprint density at radius 2 is 1.41 bits per heavy atom. The lowest BCUT2D eigenvalue weighted by Crippen LogP contribution is -2.32. The number of hydrogen-bond acceptors (Lipinski definition) is 6. The number of benzene rings is 3. The van der Waals surface area contributed by atoms with Crippen LogP contribution in [0, 0.1) is 0 Å². The quantitative estimate of drug-likeness (QED) is 0.501. The van der Waals surface area contributed by atoms with Gasteiger partial charge in [-0.05, 0) is 60.7 Å². The van der Waals surface area contributed by atoms with Crippen molar-refractivity contribution < 1.29 is 28.6 Å². The SMILES string of the molecule is COc1ccc(C(=O)NCC(=O)OCC(=O)Nc2ccc(Oc3ccccc3)cc2)cc1. The third-order valence-electron chi connectivity index (χ3n) is 4.23. The Balaban J connectivity index is 1.38. The molecule has 8 heteroatoms. The smallest absolute Gasteiger partial charge is 0.325 e. The van der Waals surface area contributed by atoms with E-state index in [0.717, 1.165) is 0 Å². The second-order valence-corrected chi connectivity index (χ2v) is 6.56. The molecule has 0 aromatic heterocycles. The van der Waals surface area contributed by atoms with Crippen molar-refractivity contribution in [2.75, 3.05) is 25.6 Å². The summed E-state index contributed by atoms with van der Waals surface area (Å²) in [5.41, 5.74) is 0.898. The summed E-state index contributed by atoms with van der Waals surface area (Å²) >= 11 is 0. The zero-order valence-corrected chi connectivity index (χ0v) is 17.4. The van der Waals surface area contributed by atoms with Crippen LogP contribution < -0.4 is 20.1 Å². The van der Waals surface area contributed by atoms with Crippen LogP contribution in [0.3, 0.4) is 0 Å². The molecule has 3 rings (SSSR count). The van der Waals surface area contributed by atoms with Crippen molar-refractivity contribution in [1.29, 1.82) is 0 Å². The van der Waals surface area contributed by atoms with E-state index in [1.54, 1.807) is 48.5 Å². The van der Waals surface area contributed by atoms with Crippen molar-refractivity contribution in [3.05, 3.63) is 84.4 Å². The molecule has 0 aliphatic rings. The van der Waals surface area contributed by atoms with Gasteiger partial charge in [-0.1, -0.05) is 18.2 Å². The highest BCUT2D eigenvalue weighted by molar-refractivity contribution is 5.96. The Labute approximate surface area is 185 Å². The lowest BCUT2D eigenvalue weighted by atomic mass is 10.2. The van der Waals surface area contributed by atoms with E-state index < -0.39 is 24.4 Å². The van der Waals surface area contributed by atoms with Crippen molar-refractivity contribution in [2.24, 2.45) is 0 Å². The molecule has 0 radical (unpaired) electrons. The number of hydrogen-bond donors (Lipinski definition) is 2. The minimum atomic E-state index is -0.728. The van der Waals surface area contributed by atoms with E-state index in [9.17, 15) is 14.4 Å². The largest absolute Gasteiger partial charge is 0.497 e. The van der Waals surface area contributed by atoms with Crippen LogP contribution in [0.1, 0.15) is 10.4 Å². The first-order valence-electron chi connectivity index (χ1n) is 9.74. The predicted molar refractivity (Wildman–Crippen MR) is 118 cm³/mol. The first-order valence-corrected chi connectivity index (χ1v) is 9.74. The van der Waals surface area contributed by atoms with Crippen LogP contribution in [-0.2, 0) is 14.3 Å². The van der Waals surface area contributed by atoms with Crippen molar-refractivity contribution in [3.8, 4) is 17.2 Å². The average Bonchev–Trinajstić information content (AvgIpc) is 2.83. The van der Waals surface area contributed by atoms with Crippen LogP contribution in [0.4, 0.5) is 5.69 Å². The number of para-hydroxylation sites is 1. The van der Waals surface area contributed by atoms with Gasteiger partial charge in [0, 0.05) is 11.3 Å². The molecule has 0 heterocycles. The maximum absolute atomic E-state index is 12.0. The van der Waals surface area contributed by atoms with E-state index in [-0.39, 0.29) is 6.54 Å². The minimum absolute atomic E-state index is 0.357. The third kappa shape index (κ3) is 6.88. The van der Waals surface area contributed by atoms with Gasteiger partial charge in [0.15, 0.2) is 6.61 Å². The van der Waals surface area contributed by atoms with Gasteiger partial charge in [0.1, 0.15) is 23.8 Å². The van der Waals surface area contributed by atoms with Crippen LogP contribution in [0.2, 0.25) is 0 Å². The van der Waals surface area contributed by atoms with E-state index in [0.29, 0.717) is 28.5 Å². The van der Waals surface area contributed by atoms with Crippen LogP contribution in [0.5, 0.6) is 17.2 Å². The van der Waals surface area contributed by atoms with E-state index >= 15 is 0 Å². The fraction of sp³-hybridized carbons (Fsp3) is 0.125. The highest BCUT2D eigenvalue weighted by atomic mass is 16.5. The minimum Gasteiger partial charge on any atom is -0.497 e. The summed E-state index contributed by atoms with van der Waals surface area (Å²) in [4.78, 5) is 35.8. The maximum Gasteiger partial charge on any atom is 0.325 e. The van der Waals surface area contributed by atoms with Crippen molar-refractivity contribution in [3.63, 3.8) is 0 Å². The van der Waals surface area contributed by atoms with Gasteiger partial charge in [0.25, 0.3) is 11.8 Å². The Morgan fingerprint density at radius 3 is 2.06 bits per heavy atom. The van der Waals surface area contributed by atoms with Gasteiger partial charge in [0.2, 0.25) is 0 Å². The number of carbonyl (C=O) groups is 3. The van der Waals surface area contributed by atoms with Crippen LogP contribution >= 0.6 is 0 Å². The van der Waals surface area contributed by atoms with E-state index in [1.807, 2.05) is 30.3 Å². The Morgan fingerprint density at radius 1 is 0.781 bits per heavy atom. The lowest BCUT2D eigenvalue weighted by molar-refractivity contribution is -0.146. The summed E-state index contributed by atoms with van der Waals surface area (Å²) in [6.45, 7) is -0.830. The van der Waals surface area contributed by atoms with Gasteiger partial charge in [-0.3, -0.25) is 14.4 Å². The van der Waals surface area contributed by atoms with E-state index in [2.05, 4.69) is 10.6 Å². The summed E-state index contributed by atoms with van der Waals surface area (Å²) in [6, 6.07) is 22.5. The normalized spacial score (nSPS) is 10.0. The molecular formula is C24H22N2O6. The highest BCUT2D eigenvalue weighted by Crippen LogP contribution is 2.22. The van der Waals surface area contributed by atoms with Crippen molar-refractivity contribution in [1.82, 2.24) is 5.32 Å². The van der Waals surface area contributed by atoms with Gasteiger partial charge in [-0.2, -0.15) is 0 Å². The number of methoxy groups -OCH3 is 1. The maximum atomic E-state index is 12.0. The molecule has 0 unspecified atom stereocenters. The summed E-state index contributed by atoms with van der Waals surface area (Å²) in [6.07, 6.45) is 0. The molecule has 0 bridgehead atoms. The molecule has 2 amide bonds. The Hall–Kier alpha value is -4.33. The number of ether oxygens (including phenoxy) is 3. The molecule has 0 saturated heterocycles. The first-order chi connectivity index (χ1) is 15.5. The summed E-state index contributed by atoms with van der Waals surface area (Å²) < 4.78 is 15.6. The predicted octanol–water partition coefficient (Wildman–Crippen LogP) is 3.40. The fourth-order valence-corrected chi connectivity index (χ4v) is 2.62. The third-order valence-corrected chi connectivity index (χ3v) is 4.23. The zero-order valence-electron chi connectivity index (χ0n) is 17.4. The standard InChI is InChI=1S/C24H22N2O6/c1-30-19-11-7-17(8-12-19)24(29)25-15-23(28)31-16-22(27)26-18-9-13-21(14-10-18)32-20-5-3-2-4-6-20/h2-14H,15-16H2,1H3,(H,25,29)(H,26,27). The molecule has 164 valence electrons. The van der Waals surface area contributed by atoms with Gasteiger partial charge in [-0.15, -0.1) is 0 Å². The van der Waals surface area contributed by atoms with Crippen LogP contribution in [0.15, 0.2) is 78.9 Å². The van der Waals surface area contributed by atoms with Gasteiger partial charge in [-0.25, -0.2) is 0 Å². The topological polar surface area (TPSA) is 103 Å². The number of rotatable bonds is 9. The number of esters is 1. The summed E-state index contributed by atoms with van der Waals surface area (Å²) in [7, 11) is 1.52. The van der Waals surface area contributed by atoms with Gasteiger partial charge < -0.3 is 24.8 Å². The zero-order chi connectivity index (χ0) is 22.8. The molecule has 32 heavy (non-hydrogen) atoms. The second-order valence-electron chi connectivity index (χ2n) is 6.56. The molecule has 0 atom stereocenters. The highest BCUT2D eigenvalue weighted by Gasteiger charge is 2.11. The van der Waals surface area contributed by atoms with Crippen molar-refractivity contribution in [2.45, 2.75) is 0 Å². The number of anilines is 1. The molecular weight excluding hydrogens is 412 g/mol. The molecule has 2 N–H and O–H groups in total. The number of amides is 2. The molecule has 0 spiro atoms. The Kier molecular flexibility index (Phi) is 7.80. The molecule has 0 fully saturated rings. The Bertz CT molecular complexity index is 1050. The fourth-order valence-electron chi connectivity index (χ4n) is 2.62. The van der Waals surface area contributed by atoms with Gasteiger partial charge >= 0.3 is 5.97 Å². The molecule has 3 aromatic carbocycles. The van der Waals surface area contributed by atoms with Crippen LogP contribution in [0.25, 0.3) is 0 Å². The monoisotopic (exact) mass is 434 g/mol. The molecule has 3 aromatic rings. The van der Waals surface area contributed by atoms with Crippen LogP contribution in [-0.4, -0.2) is 38.0 Å². The molecule has 0 aliphatic heterocycles. The van der Waals surface area contributed by atoms with E-state index in [4.69, 9.17) is 14.2 Å². The summed E-state index contributed by atoms with van der Waals surface area (Å²) in [5, 5.41) is 5.05. The molecule has 0 aliphatic carbocycles. The first kappa shape index (κ1) is 22.4. The van der Waals surface area contributed by atoms with E-state index in [1.165, 1.54) is 7.11 Å². The molecule has 0 saturated carbocycles. The average molecular weight is 434 g/mol. The van der Waals surface area contributed by atoms with Crippen molar-refractivity contribution >= 4 is 23.5 Å². The lowest BCUT2D eigenvalue weighted by Gasteiger charge is -2.09. The van der Waals surface area contributed by atoms with Gasteiger partial charge in [0.05, 0.1) is 7.11 Å². The number of carbonyl (C=O) groups excluding carboxylic acids is 3. The second kappa shape index (κ2) is 11.2. The summed E-state index contributed by atoms with van der Waals surface area (Å²) in [5.74, 6) is 0.269.